The Kier molecular flexibility index (Phi) is 24.9. The zero-order chi connectivity index (χ0) is 78.6. The number of benzene rings is 7. The molecule has 1 aliphatic heterocycles. The van der Waals surface area contributed by atoms with Gasteiger partial charge in [-0.2, -0.15) is 0 Å². The van der Waals surface area contributed by atoms with Gasteiger partial charge in [0, 0.05) is 36.7 Å². The summed E-state index contributed by atoms with van der Waals surface area (Å²) in [6.45, 7) is 59.0. The van der Waals surface area contributed by atoms with Crippen LogP contribution >= 0.6 is 11.3 Å². The summed E-state index contributed by atoms with van der Waals surface area (Å²) in [5.41, 5.74) is 23.0. The number of aliphatic imine (C=N–C) groups is 1. The summed E-state index contributed by atoms with van der Waals surface area (Å²) in [7, 11) is 0. The first-order valence-electron chi connectivity index (χ1n) is 36.5. The van der Waals surface area contributed by atoms with E-state index in [1.807, 2.05) is 81.7 Å². The lowest BCUT2D eigenvalue weighted by Gasteiger charge is -2.21. The van der Waals surface area contributed by atoms with Crippen molar-refractivity contribution in [2.75, 3.05) is 0 Å². The third kappa shape index (κ3) is 22.0. The second-order valence-electron chi connectivity index (χ2n) is 35.0. The van der Waals surface area contributed by atoms with Gasteiger partial charge in [0.1, 0.15) is 16.9 Å². The van der Waals surface area contributed by atoms with Crippen LogP contribution in [0.4, 0.5) is 5.69 Å². The van der Waals surface area contributed by atoms with Crippen LogP contribution in [0.2, 0.25) is 0 Å². The van der Waals surface area contributed by atoms with Crippen molar-refractivity contribution in [2.45, 2.75) is 238 Å². The van der Waals surface area contributed by atoms with Crippen LogP contribution in [-0.4, -0.2) is 51.4 Å². The Morgan fingerprint density at radius 3 is 1.34 bits per heavy atom. The van der Waals surface area contributed by atoms with E-state index in [1.54, 1.807) is 32.1 Å². The molecule has 0 amide bonds. The van der Waals surface area contributed by atoms with E-state index < -0.39 is 0 Å². The molecular weight excluding hydrogens is 1330 g/mol. The van der Waals surface area contributed by atoms with Gasteiger partial charge >= 0.3 is 5.63 Å². The monoisotopic (exact) mass is 1440 g/mol. The van der Waals surface area contributed by atoms with Crippen molar-refractivity contribution in [2.24, 2.45) is 4.99 Å². The number of carbonyl (C=O) groups is 1. The van der Waals surface area contributed by atoms with Gasteiger partial charge in [-0.3, -0.25) is 19.6 Å². The molecule has 14 nitrogen and oxygen atoms in total. The first-order valence-corrected chi connectivity index (χ1v) is 37.3. The fourth-order valence-electron chi connectivity index (χ4n) is 11.4. The van der Waals surface area contributed by atoms with E-state index in [0.29, 0.717) is 34.5 Å². The van der Waals surface area contributed by atoms with Gasteiger partial charge in [0.25, 0.3) is 5.56 Å². The molecule has 0 saturated heterocycles. The van der Waals surface area contributed by atoms with Gasteiger partial charge in [-0.15, -0.1) is 11.3 Å². The number of ketones is 1. The molecular formula is C91H111N9O5S. The van der Waals surface area contributed by atoms with E-state index >= 15 is 0 Å². The Hall–Kier alpha value is -9.73. The number of carbonyl (C=O) groups excluding carboxylic acids is 1. The Morgan fingerprint density at radius 1 is 0.387 bits per heavy atom. The van der Waals surface area contributed by atoms with E-state index in [1.165, 1.54) is 38.1 Å². The summed E-state index contributed by atoms with van der Waals surface area (Å²) < 4.78 is 12.0. The van der Waals surface area contributed by atoms with Crippen molar-refractivity contribution in [3.63, 3.8) is 0 Å². The average molecular weight is 1440 g/mol. The maximum Gasteiger partial charge on any atom is 0.339 e. The van der Waals surface area contributed by atoms with E-state index in [2.05, 4.69) is 282 Å². The second-order valence-corrected chi connectivity index (χ2v) is 36.2. The van der Waals surface area contributed by atoms with E-state index in [4.69, 9.17) is 8.83 Å². The molecule has 0 atom stereocenters. The van der Waals surface area contributed by atoms with Crippen LogP contribution < -0.4 is 11.2 Å². The minimum Gasteiger partial charge on any atom is -0.441 e. The normalized spacial score (nSPS) is 12.6. The van der Waals surface area contributed by atoms with Gasteiger partial charge in [-0.25, -0.2) is 34.7 Å². The molecule has 6 aromatic heterocycles. The zero-order valence-electron chi connectivity index (χ0n) is 68.1. The fraction of sp³-hybridized carbons (Fsp3) is 0.396. The zero-order valence-corrected chi connectivity index (χ0v) is 68.9. The number of oxazole rings is 1. The third-order valence-corrected chi connectivity index (χ3v) is 19.2. The molecule has 0 saturated carbocycles. The number of Topliss-reactive ketones (excluding diaryl/α,β-unsaturated/α-hetero) is 1. The van der Waals surface area contributed by atoms with Gasteiger partial charge < -0.3 is 13.8 Å². The van der Waals surface area contributed by atoms with Crippen LogP contribution in [0.15, 0.2) is 169 Å². The van der Waals surface area contributed by atoms with Crippen LogP contribution in [0.25, 0.3) is 65.3 Å². The predicted octanol–water partition coefficient (Wildman–Crippen LogP) is 22.9. The Bertz CT molecular complexity index is 5300. The highest BCUT2D eigenvalue weighted by atomic mass is 32.1. The minimum atomic E-state index is -0.251. The van der Waals surface area contributed by atoms with Gasteiger partial charge in [0.2, 0.25) is 0 Å². The van der Waals surface area contributed by atoms with E-state index in [-0.39, 0.29) is 54.9 Å². The SMILES string of the molecule is CC1=Nc2ccc(C(C)(C)C)cc2CC1=O.Cc1cc2ccc(C(C)(C)C)cc2oc1=O.Cc1cnc2cc(C(C)(C)C)ccc2n1.Cc1cnc2cc(C(C)(C)C)ccc2n1.Cc1nc2cc(C(C)(C)C)ccc2o1.Cc1nc2cc(C(C)(C)C)ccc2s1.Cc1nc2ccc(C(C)(C)C)cc2c(=O)[nH]1. The Morgan fingerprint density at radius 2 is 0.821 bits per heavy atom. The van der Waals surface area contributed by atoms with Crippen molar-refractivity contribution in [1.82, 2.24) is 39.9 Å². The van der Waals surface area contributed by atoms with Crippen LogP contribution in [0.3, 0.4) is 0 Å². The van der Waals surface area contributed by atoms with Crippen LogP contribution in [0.5, 0.6) is 0 Å². The quantitative estimate of drug-likeness (QED) is 0.141. The number of hydrogen-bond donors (Lipinski definition) is 1. The van der Waals surface area contributed by atoms with Crippen LogP contribution in [-0.2, 0) is 49.1 Å². The Balaban J connectivity index is 0.000000156. The summed E-state index contributed by atoms with van der Waals surface area (Å²) in [4.78, 5) is 72.6. The summed E-state index contributed by atoms with van der Waals surface area (Å²) >= 11 is 1.76. The molecule has 15 heteroatoms. The first kappa shape index (κ1) is 81.9. The van der Waals surface area contributed by atoms with Crippen molar-refractivity contribution in [3.05, 3.63) is 245 Å². The lowest BCUT2D eigenvalue weighted by atomic mass is 9.85. The molecule has 7 heterocycles. The number of aromatic amines is 1. The van der Waals surface area contributed by atoms with Gasteiger partial charge in [-0.05, 0) is 203 Å². The molecule has 0 radical (unpaired) electrons. The molecule has 0 unspecified atom stereocenters. The van der Waals surface area contributed by atoms with Crippen molar-refractivity contribution in [3.8, 4) is 0 Å². The highest BCUT2D eigenvalue weighted by Crippen LogP contribution is 2.34. The van der Waals surface area contributed by atoms with E-state index in [0.717, 1.165) is 88.7 Å². The standard InChI is InChI=1S/C14H17NO.C14H16O2.C13H16N2O.2C13H16N2.C12H15NO.C12H15NS/c1-9-13(16)8-10-7-11(14(2,3)4)5-6-12(10)15-9;1-9-7-10-5-6-11(14(2,3)4)8-12(10)16-13(9)15;1-8-14-11-6-5-9(13(2,3)4)7-10(11)12(16)15-8;2*1-9-8-14-12-7-10(13(2,3)4)5-6-11(12)15-9;2*1-8-13-10-7-9(12(2,3)4)5-6-11(10)14-8/h5-7H,8H2,1-4H3;5-8H,1-4H3;5-7H,1-4H3,(H,14,15,16);2*5-8H,1-4H3;2*5-7H,1-4H3. The molecule has 556 valence electrons. The summed E-state index contributed by atoms with van der Waals surface area (Å²) in [6, 6.07) is 45.5. The highest BCUT2D eigenvalue weighted by molar-refractivity contribution is 7.18. The minimum absolute atomic E-state index is 0.0471. The smallest absolute Gasteiger partial charge is 0.339 e. The summed E-state index contributed by atoms with van der Waals surface area (Å²) in [6.07, 6.45) is 4.12. The summed E-state index contributed by atoms with van der Waals surface area (Å²) in [5, 5.41) is 2.79. The molecule has 1 N–H and O–H groups in total. The molecule has 106 heavy (non-hydrogen) atoms. The first-order chi connectivity index (χ1) is 49.0. The molecule has 14 rings (SSSR count). The molecule has 7 aromatic carbocycles. The molecule has 13 aromatic rings. The highest BCUT2D eigenvalue weighted by Gasteiger charge is 2.23. The molecule has 0 fully saturated rings. The van der Waals surface area contributed by atoms with Gasteiger partial charge in [0.15, 0.2) is 17.3 Å². The molecule has 1 aliphatic rings. The molecule has 0 aliphatic carbocycles. The van der Waals surface area contributed by atoms with Gasteiger partial charge in [0.05, 0.1) is 71.0 Å². The van der Waals surface area contributed by atoms with E-state index in [9.17, 15) is 14.4 Å². The number of fused-ring (bicyclic) bond motifs is 7. The number of H-pyrrole nitrogens is 1. The number of aryl methyl sites for hydroxylation is 6. The molecule has 0 spiro atoms. The van der Waals surface area contributed by atoms with Crippen LogP contribution in [0.1, 0.15) is 231 Å². The number of nitrogens with zero attached hydrogens (tertiary/aromatic N) is 8. The summed E-state index contributed by atoms with van der Waals surface area (Å²) in [5.74, 6) is 1.52. The largest absolute Gasteiger partial charge is 0.441 e. The van der Waals surface area contributed by atoms with Crippen molar-refractivity contribution in [1.29, 1.82) is 0 Å². The van der Waals surface area contributed by atoms with Crippen molar-refractivity contribution < 1.29 is 13.6 Å². The van der Waals surface area contributed by atoms with Crippen LogP contribution in [0, 0.1) is 41.5 Å². The lowest BCUT2D eigenvalue weighted by Crippen LogP contribution is -2.18. The topological polar surface area (TPSA) is 196 Å². The average Bonchev–Trinajstić information content (AvgIpc) is 1.77. The van der Waals surface area contributed by atoms with Gasteiger partial charge in [-0.1, -0.05) is 200 Å². The third-order valence-electron chi connectivity index (χ3n) is 18.2. The predicted molar refractivity (Wildman–Crippen MR) is 445 cm³/mol. The number of aromatic nitrogens is 8. The Labute approximate surface area is 631 Å². The number of rotatable bonds is 0. The fourth-order valence-corrected chi connectivity index (χ4v) is 12.2. The lowest BCUT2D eigenvalue weighted by molar-refractivity contribution is -0.112. The maximum atomic E-state index is 11.8. The number of hydrogen-bond acceptors (Lipinski definition) is 14. The number of thiazole rings is 1. The second kappa shape index (κ2) is 32.2. The maximum absolute atomic E-state index is 11.8. The molecule has 0 bridgehead atoms. The van der Waals surface area contributed by atoms with Crippen molar-refractivity contribution >= 4 is 93.8 Å². The number of nitrogens with one attached hydrogen (secondary N) is 1.